The van der Waals surface area contributed by atoms with Crippen LogP contribution >= 0.6 is 0 Å². The highest BCUT2D eigenvalue weighted by atomic mass is 16.1. The van der Waals surface area contributed by atoms with Gasteiger partial charge in [0.2, 0.25) is 0 Å². The number of carbonyl (C=O) groups excluding carboxylic acids is 1. The van der Waals surface area contributed by atoms with E-state index in [1.54, 1.807) is 0 Å². The van der Waals surface area contributed by atoms with Gasteiger partial charge in [0.15, 0.2) is 6.29 Å². The van der Waals surface area contributed by atoms with Crippen molar-refractivity contribution in [3.63, 3.8) is 0 Å². The molecule has 104 valence electrons. The summed E-state index contributed by atoms with van der Waals surface area (Å²) in [4.78, 5) is 13.5. The molecule has 0 radical (unpaired) electrons. The summed E-state index contributed by atoms with van der Waals surface area (Å²) in [7, 11) is 1.90. The van der Waals surface area contributed by atoms with Crippen molar-refractivity contribution in [2.75, 3.05) is 18.0 Å². The van der Waals surface area contributed by atoms with Crippen LogP contribution in [0.1, 0.15) is 43.2 Å². The number of anilines is 1. The molecule has 0 amide bonds. The average Bonchev–Trinajstić information content (AvgIpc) is 2.62. The van der Waals surface area contributed by atoms with Gasteiger partial charge in [0, 0.05) is 20.1 Å². The van der Waals surface area contributed by atoms with Gasteiger partial charge in [-0.3, -0.25) is 9.48 Å². The van der Waals surface area contributed by atoms with Crippen molar-refractivity contribution < 1.29 is 4.79 Å². The van der Waals surface area contributed by atoms with Gasteiger partial charge in [0.1, 0.15) is 5.82 Å². The molecule has 0 saturated heterocycles. The molecule has 1 aliphatic heterocycles. The summed E-state index contributed by atoms with van der Waals surface area (Å²) in [6.07, 6.45) is 4.26. The lowest BCUT2D eigenvalue weighted by molar-refractivity contribution is 0.112. The molecule has 0 saturated carbocycles. The number of aromatic nitrogens is 2. The van der Waals surface area contributed by atoms with Crippen LogP contribution in [0.5, 0.6) is 0 Å². The quantitative estimate of drug-likeness (QED) is 0.607. The number of hydrogen-bond acceptors (Lipinski definition) is 3. The highest BCUT2D eigenvalue weighted by molar-refractivity contribution is 5.84. The summed E-state index contributed by atoms with van der Waals surface area (Å²) in [5.74, 6) is 0.941. The third-order valence-electron chi connectivity index (χ3n) is 3.83. The first-order chi connectivity index (χ1) is 8.84. The Balaban J connectivity index is 2.28. The van der Waals surface area contributed by atoms with E-state index in [1.165, 1.54) is 5.57 Å². The summed E-state index contributed by atoms with van der Waals surface area (Å²) in [6, 6.07) is 0. The molecule has 2 heterocycles. The van der Waals surface area contributed by atoms with Gasteiger partial charge in [0.25, 0.3) is 0 Å². The molecule has 19 heavy (non-hydrogen) atoms. The van der Waals surface area contributed by atoms with Crippen LogP contribution in [0.4, 0.5) is 5.82 Å². The van der Waals surface area contributed by atoms with E-state index in [2.05, 4.69) is 36.8 Å². The Hall–Kier alpha value is -1.58. The lowest BCUT2D eigenvalue weighted by Gasteiger charge is -2.33. The molecule has 0 spiro atoms. The molecular formula is C15H23N3O. The molecule has 4 nitrogen and oxygen atoms in total. The van der Waals surface area contributed by atoms with Crippen LogP contribution in [0.2, 0.25) is 0 Å². The molecule has 0 fully saturated rings. The minimum absolute atomic E-state index is 0.238. The lowest BCUT2D eigenvalue weighted by Crippen LogP contribution is -2.33. The predicted molar refractivity (Wildman–Crippen MR) is 77.7 cm³/mol. The number of nitrogens with zero attached hydrogens (tertiary/aromatic N) is 3. The second-order valence-electron chi connectivity index (χ2n) is 6.24. The second-order valence-corrected chi connectivity index (χ2v) is 6.24. The Labute approximate surface area is 115 Å². The Bertz CT molecular complexity index is 520. The number of carbonyl (C=O) groups is 1. The van der Waals surface area contributed by atoms with E-state index in [1.807, 2.05) is 18.7 Å². The van der Waals surface area contributed by atoms with Crippen molar-refractivity contribution in [1.29, 1.82) is 0 Å². The molecule has 1 aromatic rings. The van der Waals surface area contributed by atoms with Gasteiger partial charge in [-0.25, -0.2) is 0 Å². The highest BCUT2D eigenvalue weighted by Crippen LogP contribution is 2.32. The van der Waals surface area contributed by atoms with Gasteiger partial charge in [-0.05, 0) is 18.8 Å². The second kappa shape index (κ2) is 4.83. The normalized spacial score (nSPS) is 16.5. The number of hydrogen-bond donors (Lipinski definition) is 0. The average molecular weight is 261 g/mol. The number of aryl methyl sites for hydroxylation is 2. The van der Waals surface area contributed by atoms with Crippen LogP contribution < -0.4 is 4.90 Å². The van der Waals surface area contributed by atoms with E-state index in [0.717, 1.165) is 42.9 Å². The van der Waals surface area contributed by atoms with Crippen LogP contribution in [0.15, 0.2) is 11.6 Å². The summed E-state index contributed by atoms with van der Waals surface area (Å²) < 4.78 is 1.81. The number of aldehydes is 1. The third kappa shape index (κ3) is 2.57. The van der Waals surface area contributed by atoms with Crippen molar-refractivity contribution in [3.8, 4) is 0 Å². The first-order valence-corrected chi connectivity index (χ1v) is 6.78. The van der Waals surface area contributed by atoms with Crippen molar-refractivity contribution in [2.45, 2.75) is 34.1 Å². The van der Waals surface area contributed by atoms with Crippen molar-refractivity contribution in [2.24, 2.45) is 12.5 Å². The van der Waals surface area contributed by atoms with Gasteiger partial charge in [-0.1, -0.05) is 32.4 Å². The largest absolute Gasteiger partial charge is 0.352 e. The Morgan fingerprint density at radius 1 is 1.37 bits per heavy atom. The SMILES string of the molecule is Cc1nn(C)c(N2CC=C(C(C)(C)C)CC2)c1C=O. The molecule has 0 atom stereocenters. The monoisotopic (exact) mass is 261 g/mol. The molecular weight excluding hydrogens is 238 g/mol. The Kier molecular flexibility index (Phi) is 3.52. The first-order valence-electron chi connectivity index (χ1n) is 6.78. The third-order valence-corrected chi connectivity index (χ3v) is 3.83. The molecule has 0 bridgehead atoms. The van der Waals surface area contributed by atoms with Gasteiger partial charge >= 0.3 is 0 Å². The molecule has 2 rings (SSSR count). The zero-order valence-corrected chi connectivity index (χ0v) is 12.5. The van der Waals surface area contributed by atoms with Crippen LogP contribution in [0.25, 0.3) is 0 Å². The van der Waals surface area contributed by atoms with E-state index in [0.29, 0.717) is 0 Å². The van der Waals surface area contributed by atoms with Gasteiger partial charge < -0.3 is 4.90 Å². The highest BCUT2D eigenvalue weighted by Gasteiger charge is 2.24. The Morgan fingerprint density at radius 2 is 2.05 bits per heavy atom. The smallest absolute Gasteiger partial charge is 0.155 e. The van der Waals surface area contributed by atoms with E-state index in [-0.39, 0.29) is 5.41 Å². The van der Waals surface area contributed by atoms with E-state index < -0.39 is 0 Å². The molecule has 1 aromatic heterocycles. The van der Waals surface area contributed by atoms with Crippen molar-refractivity contribution in [3.05, 3.63) is 22.9 Å². The molecule has 4 heteroatoms. The summed E-state index contributed by atoms with van der Waals surface area (Å²) in [6.45, 7) is 10.4. The minimum Gasteiger partial charge on any atom is -0.352 e. The topological polar surface area (TPSA) is 38.1 Å². The molecule has 1 aliphatic rings. The maximum absolute atomic E-state index is 11.2. The van der Waals surface area contributed by atoms with Crippen molar-refractivity contribution >= 4 is 12.1 Å². The van der Waals surface area contributed by atoms with Crippen molar-refractivity contribution in [1.82, 2.24) is 9.78 Å². The maximum Gasteiger partial charge on any atom is 0.155 e. The van der Waals surface area contributed by atoms with Gasteiger partial charge in [-0.15, -0.1) is 0 Å². The molecule has 0 aromatic carbocycles. The standard InChI is InChI=1S/C15H23N3O/c1-11-13(10-19)14(17(5)16-11)18-8-6-12(7-9-18)15(2,3)4/h6,10H,7-9H2,1-5H3. The van der Waals surface area contributed by atoms with Gasteiger partial charge in [0.05, 0.1) is 11.3 Å². The predicted octanol–water partition coefficient (Wildman–Crippen LogP) is 2.72. The zero-order valence-electron chi connectivity index (χ0n) is 12.5. The lowest BCUT2D eigenvalue weighted by atomic mass is 9.83. The Morgan fingerprint density at radius 3 is 2.53 bits per heavy atom. The maximum atomic E-state index is 11.2. The van der Waals surface area contributed by atoms with Crippen LogP contribution in [-0.2, 0) is 7.05 Å². The summed E-state index contributed by atoms with van der Waals surface area (Å²) in [5, 5.41) is 4.35. The fourth-order valence-corrected chi connectivity index (χ4v) is 2.72. The van der Waals surface area contributed by atoms with E-state index >= 15 is 0 Å². The van der Waals surface area contributed by atoms with E-state index in [4.69, 9.17) is 0 Å². The first kappa shape index (κ1) is 13.8. The van der Waals surface area contributed by atoms with Gasteiger partial charge in [-0.2, -0.15) is 5.10 Å². The molecule has 0 N–H and O–H groups in total. The van der Waals surface area contributed by atoms with Crippen LogP contribution in [-0.4, -0.2) is 29.2 Å². The summed E-state index contributed by atoms with van der Waals surface area (Å²) in [5.41, 5.74) is 3.26. The zero-order chi connectivity index (χ0) is 14.2. The summed E-state index contributed by atoms with van der Waals surface area (Å²) >= 11 is 0. The van der Waals surface area contributed by atoms with Crippen LogP contribution in [0.3, 0.4) is 0 Å². The van der Waals surface area contributed by atoms with Crippen LogP contribution in [0, 0.1) is 12.3 Å². The molecule has 0 aliphatic carbocycles. The fraction of sp³-hybridized carbons (Fsp3) is 0.600. The van der Waals surface area contributed by atoms with E-state index in [9.17, 15) is 4.79 Å². The minimum atomic E-state index is 0.238. The number of rotatable bonds is 2. The fourth-order valence-electron chi connectivity index (χ4n) is 2.72. The molecule has 0 unspecified atom stereocenters.